The molecule has 3 N–H and O–H groups in total. The predicted molar refractivity (Wildman–Crippen MR) is 82.0 cm³/mol. The molecular formula is C15H18ClN3O2. The van der Waals surface area contributed by atoms with E-state index < -0.39 is 0 Å². The Morgan fingerprint density at radius 1 is 1.33 bits per heavy atom. The molecule has 0 saturated carbocycles. The Bertz CT molecular complexity index is 581. The van der Waals surface area contributed by atoms with Crippen molar-refractivity contribution in [2.24, 2.45) is 5.73 Å². The third-order valence-corrected chi connectivity index (χ3v) is 3.20. The number of oxazole rings is 1. The number of carbonyl (C=O) groups excluding carboxylic acids is 1. The van der Waals surface area contributed by atoms with Crippen LogP contribution in [0.3, 0.4) is 0 Å². The smallest absolute Gasteiger partial charge is 0.220 e. The lowest BCUT2D eigenvalue weighted by molar-refractivity contribution is -0.121. The van der Waals surface area contributed by atoms with Crippen LogP contribution in [0.25, 0.3) is 11.3 Å². The van der Waals surface area contributed by atoms with Crippen molar-refractivity contribution >= 4 is 17.5 Å². The van der Waals surface area contributed by atoms with Crippen molar-refractivity contribution in [2.75, 3.05) is 13.1 Å². The summed E-state index contributed by atoms with van der Waals surface area (Å²) in [5.74, 6) is 1.20. The van der Waals surface area contributed by atoms with E-state index in [0.717, 1.165) is 12.0 Å². The normalized spacial score (nSPS) is 10.6. The lowest BCUT2D eigenvalue weighted by atomic mass is 10.2. The van der Waals surface area contributed by atoms with E-state index in [1.165, 1.54) is 0 Å². The molecule has 0 radical (unpaired) electrons. The number of halogens is 1. The SMILES string of the molecule is NCCCNC(=O)CCc1ncc(-c2ccc(Cl)cc2)o1. The van der Waals surface area contributed by atoms with Crippen LogP contribution in [0.2, 0.25) is 5.02 Å². The summed E-state index contributed by atoms with van der Waals surface area (Å²) >= 11 is 5.84. The fourth-order valence-corrected chi connectivity index (χ4v) is 1.94. The van der Waals surface area contributed by atoms with Crippen LogP contribution in [0.15, 0.2) is 34.9 Å². The van der Waals surface area contributed by atoms with E-state index in [1.807, 2.05) is 12.1 Å². The molecule has 1 aromatic heterocycles. The molecular weight excluding hydrogens is 290 g/mol. The molecule has 0 fully saturated rings. The van der Waals surface area contributed by atoms with Crippen LogP contribution in [-0.4, -0.2) is 24.0 Å². The second kappa shape index (κ2) is 7.81. The van der Waals surface area contributed by atoms with Crippen molar-refractivity contribution in [3.63, 3.8) is 0 Å². The minimum atomic E-state index is -0.0188. The maximum atomic E-state index is 11.6. The van der Waals surface area contributed by atoms with Gasteiger partial charge in [-0.1, -0.05) is 11.6 Å². The summed E-state index contributed by atoms with van der Waals surface area (Å²) < 4.78 is 5.63. The van der Waals surface area contributed by atoms with E-state index in [2.05, 4.69) is 10.3 Å². The first-order valence-electron chi connectivity index (χ1n) is 6.86. The average Bonchev–Trinajstić information content (AvgIpc) is 2.95. The van der Waals surface area contributed by atoms with Gasteiger partial charge in [-0.25, -0.2) is 4.98 Å². The van der Waals surface area contributed by atoms with Crippen molar-refractivity contribution in [1.29, 1.82) is 0 Å². The van der Waals surface area contributed by atoms with E-state index in [0.29, 0.717) is 42.6 Å². The van der Waals surface area contributed by atoms with Crippen molar-refractivity contribution in [3.05, 3.63) is 41.4 Å². The van der Waals surface area contributed by atoms with E-state index >= 15 is 0 Å². The predicted octanol–water partition coefficient (Wildman–Crippen LogP) is 2.39. The molecule has 2 aromatic rings. The zero-order chi connectivity index (χ0) is 15.1. The zero-order valence-corrected chi connectivity index (χ0v) is 12.4. The average molecular weight is 308 g/mol. The molecule has 1 aromatic carbocycles. The topological polar surface area (TPSA) is 81.1 Å². The number of hydrogen-bond donors (Lipinski definition) is 2. The first-order valence-corrected chi connectivity index (χ1v) is 7.24. The Labute approximate surface area is 128 Å². The van der Waals surface area contributed by atoms with E-state index in [9.17, 15) is 4.79 Å². The Hall–Kier alpha value is -1.85. The van der Waals surface area contributed by atoms with Gasteiger partial charge in [-0.3, -0.25) is 4.79 Å². The summed E-state index contributed by atoms with van der Waals surface area (Å²) in [5.41, 5.74) is 6.27. The highest BCUT2D eigenvalue weighted by Crippen LogP contribution is 2.22. The molecule has 1 amide bonds. The van der Waals surface area contributed by atoms with Crippen LogP contribution in [0.1, 0.15) is 18.7 Å². The monoisotopic (exact) mass is 307 g/mol. The van der Waals surface area contributed by atoms with Crippen LogP contribution in [-0.2, 0) is 11.2 Å². The van der Waals surface area contributed by atoms with Gasteiger partial charge in [0.2, 0.25) is 5.91 Å². The van der Waals surface area contributed by atoms with Gasteiger partial charge >= 0.3 is 0 Å². The van der Waals surface area contributed by atoms with Crippen LogP contribution < -0.4 is 11.1 Å². The van der Waals surface area contributed by atoms with Gasteiger partial charge in [0.25, 0.3) is 0 Å². The number of carbonyl (C=O) groups is 1. The Morgan fingerprint density at radius 3 is 2.81 bits per heavy atom. The highest BCUT2D eigenvalue weighted by Gasteiger charge is 2.08. The molecule has 0 aliphatic carbocycles. The van der Waals surface area contributed by atoms with Gasteiger partial charge in [0.1, 0.15) is 0 Å². The van der Waals surface area contributed by atoms with Gasteiger partial charge in [-0.05, 0) is 37.2 Å². The fourth-order valence-electron chi connectivity index (χ4n) is 1.81. The number of aromatic nitrogens is 1. The molecule has 0 aliphatic rings. The molecule has 0 saturated heterocycles. The van der Waals surface area contributed by atoms with Gasteiger partial charge in [0.15, 0.2) is 11.7 Å². The highest BCUT2D eigenvalue weighted by atomic mass is 35.5. The van der Waals surface area contributed by atoms with E-state index in [1.54, 1.807) is 18.3 Å². The summed E-state index contributed by atoms with van der Waals surface area (Å²) in [6.07, 6.45) is 3.27. The quantitative estimate of drug-likeness (QED) is 0.770. The van der Waals surface area contributed by atoms with Crippen LogP contribution in [0.5, 0.6) is 0 Å². The van der Waals surface area contributed by atoms with Gasteiger partial charge in [0, 0.05) is 30.0 Å². The van der Waals surface area contributed by atoms with Gasteiger partial charge in [0.05, 0.1) is 6.20 Å². The van der Waals surface area contributed by atoms with Crippen LogP contribution in [0, 0.1) is 0 Å². The van der Waals surface area contributed by atoms with Gasteiger partial charge < -0.3 is 15.5 Å². The van der Waals surface area contributed by atoms with Crippen molar-refractivity contribution in [2.45, 2.75) is 19.3 Å². The largest absolute Gasteiger partial charge is 0.441 e. The molecule has 0 aliphatic heterocycles. The lowest BCUT2D eigenvalue weighted by Crippen LogP contribution is -2.26. The molecule has 21 heavy (non-hydrogen) atoms. The maximum absolute atomic E-state index is 11.6. The molecule has 6 heteroatoms. The molecule has 0 spiro atoms. The standard InChI is InChI=1S/C15H18ClN3O2/c16-12-4-2-11(3-5-12)13-10-19-15(21-13)7-6-14(20)18-9-1-8-17/h2-5,10H,1,6-9,17H2,(H,18,20). The third-order valence-electron chi connectivity index (χ3n) is 2.95. The molecule has 5 nitrogen and oxygen atoms in total. The Balaban J connectivity index is 1.86. The van der Waals surface area contributed by atoms with Crippen LogP contribution >= 0.6 is 11.6 Å². The molecule has 1 heterocycles. The number of rotatable bonds is 7. The van der Waals surface area contributed by atoms with Crippen LogP contribution in [0.4, 0.5) is 0 Å². The molecule has 112 valence electrons. The first-order chi connectivity index (χ1) is 10.2. The number of benzene rings is 1. The lowest BCUT2D eigenvalue weighted by Gasteiger charge is -2.02. The summed E-state index contributed by atoms with van der Waals surface area (Å²) in [4.78, 5) is 15.8. The van der Waals surface area contributed by atoms with E-state index in [-0.39, 0.29) is 5.91 Å². The summed E-state index contributed by atoms with van der Waals surface area (Å²) in [5, 5.41) is 3.47. The second-order valence-electron chi connectivity index (χ2n) is 4.62. The molecule has 2 rings (SSSR count). The fraction of sp³-hybridized carbons (Fsp3) is 0.333. The van der Waals surface area contributed by atoms with Crippen molar-refractivity contribution < 1.29 is 9.21 Å². The number of amides is 1. The highest BCUT2D eigenvalue weighted by molar-refractivity contribution is 6.30. The maximum Gasteiger partial charge on any atom is 0.220 e. The number of hydrogen-bond acceptors (Lipinski definition) is 4. The molecule has 0 bridgehead atoms. The van der Waals surface area contributed by atoms with E-state index in [4.69, 9.17) is 21.8 Å². The van der Waals surface area contributed by atoms with Gasteiger partial charge in [-0.2, -0.15) is 0 Å². The Morgan fingerprint density at radius 2 is 2.10 bits per heavy atom. The van der Waals surface area contributed by atoms with Crippen molar-refractivity contribution in [1.82, 2.24) is 10.3 Å². The minimum absolute atomic E-state index is 0.0188. The Kier molecular flexibility index (Phi) is 5.78. The number of nitrogens with one attached hydrogen (secondary N) is 1. The summed E-state index contributed by atoms with van der Waals surface area (Å²) in [6.45, 7) is 1.18. The second-order valence-corrected chi connectivity index (χ2v) is 5.05. The number of nitrogens with zero attached hydrogens (tertiary/aromatic N) is 1. The van der Waals surface area contributed by atoms with Crippen molar-refractivity contribution in [3.8, 4) is 11.3 Å². The molecule has 0 atom stereocenters. The van der Waals surface area contributed by atoms with Gasteiger partial charge in [-0.15, -0.1) is 0 Å². The number of aryl methyl sites for hydroxylation is 1. The first kappa shape index (κ1) is 15.5. The number of nitrogens with two attached hydrogens (primary N) is 1. The zero-order valence-electron chi connectivity index (χ0n) is 11.6. The summed E-state index contributed by atoms with van der Waals surface area (Å²) in [6, 6.07) is 7.33. The third kappa shape index (κ3) is 4.88. The molecule has 0 unspecified atom stereocenters. The summed E-state index contributed by atoms with van der Waals surface area (Å²) in [7, 11) is 0. The minimum Gasteiger partial charge on any atom is -0.441 e.